The molecule has 0 aliphatic heterocycles. The highest BCUT2D eigenvalue weighted by Crippen LogP contribution is 2.29. The van der Waals surface area contributed by atoms with Crippen molar-refractivity contribution in [3.05, 3.63) is 11.6 Å². The van der Waals surface area contributed by atoms with Crippen molar-refractivity contribution in [2.75, 3.05) is 0 Å². The average Bonchev–Trinajstić information content (AvgIpc) is 2.06. The van der Waals surface area contributed by atoms with Crippen LogP contribution in [0.25, 0.3) is 0 Å². The number of hydrogen-bond donors (Lipinski definition) is 0. The van der Waals surface area contributed by atoms with Gasteiger partial charge in [0.15, 0.2) is 0 Å². The summed E-state index contributed by atoms with van der Waals surface area (Å²) in [5.41, 5.74) is -4.29. The molecule has 0 saturated heterocycles. The second-order valence-corrected chi connectivity index (χ2v) is 5.01. The Balaban J connectivity index is 2.65. The van der Waals surface area contributed by atoms with Gasteiger partial charge >= 0.3 is 15.6 Å². The summed E-state index contributed by atoms with van der Waals surface area (Å²) in [6.45, 7) is 1.84. The zero-order valence-electron chi connectivity index (χ0n) is 8.04. The SMILES string of the molecule is CC1=CCC(OS(=O)(=O)C(F)(F)F)CC1. The number of alkyl halides is 3. The zero-order valence-corrected chi connectivity index (χ0v) is 8.86. The Bertz CT molecular complexity index is 356. The third kappa shape index (κ3) is 3.20. The Morgan fingerprint density at radius 1 is 1.47 bits per heavy atom. The van der Waals surface area contributed by atoms with Crippen LogP contribution >= 0.6 is 0 Å². The Morgan fingerprint density at radius 3 is 2.47 bits per heavy atom. The van der Waals surface area contributed by atoms with E-state index in [1.807, 2.05) is 6.92 Å². The predicted molar refractivity (Wildman–Crippen MR) is 47.5 cm³/mol. The van der Waals surface area contributed by atoms with E-state index in [0.29, 0.717) is 12.8 Å². The molecule has 0 amide bonds. The number of rotatable bonds is 2. The van der Waals surface area contributed by atoms with Gasteiger partial charge in [0, 0.05) is 0 Å². The van der Waals surface area contributed by atoms with Gasteiger partial charge in [0.25, 0.3) is 0 Å². The first-order valence-corrected chi connectivity index (χ1v) is 5.78. The lowest BCUT2D eigenvalue weighted by atomic mass is 9.99. The molecule has 0 heterocycles. The fourth-order valence-electron chi connectivity index (χ4n) is 1.26. The van der Waals surface area contributed by atoms with E-state index in [-0.39, 0.29) is 6.42 Å². The molecule has 0 saturated carbocycles. The van der Waals surface area contributed by atoms with Gasteiger partial charge in [-0.3, -0.25) is 4.18 Å². The van der Waals surface area contributed by atoms with E-state index >= 15 is 0 Å². The van der Waals surface area contributed by atoms with Gasteiger partial charge in [0.2, 0.25) is 0 Å². The molecule has 3 nitrogen and oxygen atoms in total. The number of hydrogen-bond acceptors (Lipinski definition) is 3. The van der Waals surface area contributed by atoms with Crippen LogP contribution < -0.4 is 0 Å². The molecule has 0 spiro atoms. The van der Waals surface area contributed by atoms with Crippen LogP contribution in [0.15, 0.2) is 11.6 Å². The van der Waals surface area contributed by atoms with Crippen LogP contribution in [0.5, 0.6) is 0 Å². The second kappa shape index (κ2) is 4.13. The Morgan fingerprint density at radius 2 is 2.07 bits per heavy atom. The molecule has 0 aromatic heterocycles. The van der Waals surface area contributed by atoms with Crippen molar-refractivity contribution >= 4 is 10.1 Å². The molecule has 0 fully saturated rings. The second-order valence-electron chi connectivity index (χ2n) is 3.44. The molecule has 0 bridgehead atoms. The van der Waals surface area contributed by atoms with Crippen LogP contribution in [0.4, 0.5) is 13.2 Å². The highest BCUT2D eigenvalue weighted by molar-refractivity contribution is 7.87. The van der Waals surface area contributed by atoms with Gasteiger partial charge < -0.3 is 0 Å². The Kier molecular flexibility index (Phi) is 3.44. The maximum atomic E-state index is 11.9. The van der Waals surface area contributed by atoms with Gasteiger partial charge in [0.05, 0.1) is 6.10 Å². The quantitative estimate of drug-likeness (QED) is 0.425. The Hall–Kier alpha value is -0.560. The summed E-state index contributed by atoms with van der Waals surface area (Å²) in [5.74, 6) is 0. The highest BCUT2D eigenvalue weighted by Gasteiger charge is 2.48. The molecule has 1 atom stereocenters. The molecule has 1 rings (SSSR count). The molecule has 0 N–H and O–H groups in total. The maximum absolute atomic E-state index is 11.9. The lowest BCUT2D eigenvalue weighted by Gasteiger charge is -2.20. The molecule has 15 heavy (non-hydrogen) atoms. The summed E-state index contributed by atoms with van der Waals surface area (Å²) in [5, 5.41) is 0. The van der Waals surface area contributed by atoms with Crippen LogP contribution in [0, 0.1) is 0 Å². The van der Waals surface area contributed by atoms with Crippen molar-refractivity contribution < 1.29 is 25.8 Å². The highest BCUT2D eigenvalue weighted by atomic mass is 32.2. The van der Waals surface area contributed by atoms with E-state index in [0.717, 1.165) is 5.57 Å². The third-order valence-electron chi connectivity index (χ3n) is 2.14. The normalized spacial score (nSPS) is 23.7. The van der Waals surface area contributed by atoms with Gasteiger partial charge in [-0.15, -0.1) is 0 Å². The summed E-state index contributed by atoms with van der Waals surface area (Å²) in [4.78, 5) is 0. The molecular weight excluding hydrogens is 233 g/mol. The van der Waals surface area contributed by atoms with Gasteiger partial charge in [-0.2, -0.15) is 21.6 Å². The van der Waals surface area contributed by atoms with Crippen LogP contribution in [-0.4, -0.2) is 20.0 Å². The average molecular weight is 244 g/mol. The van der Waals surface area contributed by atoms with Crippen LogP contribution in [0.2, 0.25) is 0 Å². The molecule has 1 aliphatic carbocycles. The summed E-state index contributed by atoms with van der Waals surface area (Å²) >= 11 is 0. The zero-order chi connectivity index (χ0) is 11.7. The molecule has 1 aliphatic rings. The van der Waals surface area contributed by atoms with Crippen LogP contribution in [0.1, 0.15) is 26.2 Å². The topological polar surface area (TPSA) is 43.4 Å². The lowest BCUT2D eigenvalue weighted by molar-refractivity contribution is -0.0576. The molecular formula is C8H11F3O3S. The smallest absolute Gasteiger partial charge is 0.259 e. The molecule has 0 radical (unpaired) electrons. The van der Waals surface area contributed by atoms with Crippen molar-refractivity contribution in [3.63, 3.8) is 0 Å². The van der Waals surface area contributed by atoms with Crippen molar-refractivity contribution in [2.24, 2.45) is 0 Å². The van der Waals surface area contributed by atoms with Crippen LogP contribution in [0.3, 0.4) is 0 Å². The number of allylic oxidation sites excluding steroid dienone is 1. The van der Waals surface area contributed by atoms with Crippen molar-refractivity contribution in [2.45, 2.75) is 37.8 Å². The molecule has 0 aromatic carbocycles. The summed E-state index contributed by atoms with van der Waals surface area (Å²) in [6, 6.07) is 0. The minimum Gasteiger partial charge on any atom is -0.259 e. The summed E-state index contributed by atoms with van der Waals surface area (Å²) in [6.07, 6.45) is 1.89. The van der Waals surface area contributed by atoms with Crippen LogP contribution in [-0.2, 0) is 14.3 Å². The molecule has 7 heteroatoms. The van der Waals surface area contributed by atoms with E-state index in [1.54, 1.807) is 6.08 Å². The Labute approximate surface area is 86.0 Å². The fourth-order valence-corrected chi connectivity index (χ4v) is 1.90. The molecule has 88 valence electrons. The van der Waals surface area contributed by atoms with Crippen molar-refractivity contribution in [1.29, 1.82) is 0 Å². The van der Waals surface area contributed by atoms with E-state index in [2.05, 4.69) is 4.18 Å². The van der Waals surface area contributed by atoms with Gasteiger partial charge in [-0.05, 0) is 26.2 Å². The maximum Gasteiger partial charge on any atom is 0.523 e. The standard InChI is InChI=1S/C8H11F3O3S/c1-6-2-4-7(5-3-6)14-15(12,13)8(9,10)11/h2,7H,3-5H2,1H3. The van der Waals surface area contributed by atoms with E-state index in [9.17, 15) is 21.6 Å². The van der Waals surface area contributed by atoms with E-state index in [4.69, 9.17) is 0 Å². The molecule has 0 aromatic rings. The summed E-state index contributed by atoms with van der Waals surface area (Å²) < 4.78 is 61.2. The molecule has 1 unspecified atom stereocenters. The van der Waals surface area contributed by atoms with Gasteiger partial charge in [-0.25, -0.2) is 0 Å². The number of halogens is 3. The van der Waals surface area contributed by atoms with E-state index in [1.165, 1.54) is 0 Å². The first-order chi connectivity index (χ1) is 6.72. The first kappa shape index (κ1) is 12.5. The minimum absolute atomic E-state index is 0.209. The third-order valence-corrected chi connectivity index (χ3v) is 3.23. The largest absolute Gasteiger partial charge is 0.523 e. The monoisotopic (exact) mass is 244 g/mol. The van der Waals surface area contributed by atoms with Crippen molar-refractivity contribution in [1.82, 2.24) is 0 Å². The van der Waals surface area contributed by atoms with E-state index < -0.39 is 21.7 Å². The lowest BCUT2D eigenvalue weighted by Crippen LogP contribution is -2.30. The predicted octanol–water partition coefficient (Wildman–Crippen LogP) is 2.35. The van der Waals surface area contributed by atoms with Crippen molar-refractivity contribution in [3.8, 4) is 0 Å². The van der Waals surface area contributed by atoms with Gasteiger partial charge in [0.1, 0.15) is 0 Å². The first-order valence-electron chi connectivity index (χ1n) is 4.37. The minimum atomic E-state index is -5.44. The van der Waals surface area contributed by atoms with Gasteiger partial charge in [-0.1, -0.05) is 11.6 Å². The fraction of sp³-hybridized carbons (Fsp3) is 0.750. The summed E-state index contributed by atoms with van der Waals surface area (Å²) in [7, 11) is -5.44.